The molecule has 0 aliphatic heterocycles. The molecule has 3 aromatic rings. The molecule has 0 fully saturated rings. The Bertz CT molecular complexity index is 761. The smallest absolute Gasteiger partial charge is 0.178 e. The van der Waals surface area contributed by atoms with E-state index in [9.17, 15) is 4.39 Å². The Morgan fingerprint density at radius 1 is 1.30 bits per heavy atom. The van der Waals surface area contributed by atoms with Gasteiger partial charge < -0.3 is 10.3 Å². The van der Waals surface area contributed by atoms with Crippen molar-refractivity contribution in [1.82, 2.24) is 5.16 Å². The Morgan fingerprint density at radius 3 is 2.75 bits per heavy atom. The third kappa shape index (κ3) is 1.99. The molecule has 3 rings (SSSR count). The molecule has 2 aromatic heterocycles. The van der Waals surface area contributed by atoms with Crippen LogP contribution in [0.5, 0.6) is 0 Å². The molecule has 20 heavy (non-hydrogen) atoms. The first-order valence-electron chi connectivity index (χ1n) is 5.82. The normalized spacial score (nSPS) is 10.9. The summed E-state index contributed by atoms with van der Waals surface area (Å²) < 4.78 is 19.4. The fourth-order valence-electron chi connectivity index (χ4n) is 2.06. The maximum Gasteiger partial charge on any atom is 0.178 e. The van der Waals surface area contributed by atoms with Crippen LogP contribution in [0.25, 0.3) is 22.5 Å². The largest absolute Gasteiger partial charge is 0.380 e. The first kappa shape index (κ1) is 13.1. The van der Waals surface area contributed by atoms with Crippen LogP contribution in [-0.2, 0) is 0 Å². The lowest BCUT2D eigenvalue weighted by Crippen LogP contribution is -1.92. The van der Waals surface area contributed by atoms with Gasteiger partial charge in [0.2, 0.25) is 0 Å². The van der Waals surface area contributed by atoms with Gasteiger partial charge in [-0.2, -0.15) is 11.3 Å². The zero-order valence-corrected chi connectivity index (χ0v) is 12.1. The van der Waals surface area contributed by atoms with Gasteiger partial charge in [0.15, 0.2) is 11.6 Å². The molecule has 0 aliphatic carbocycles. The summed E-state index contributed by atoms with van der Waals surface area (Å²) >= 11 is 7.63. The van der Waals surface area contributed by atoms with Crippen molar-refractivity contribution in [3.05, 3.63) is 45.4 Å². The summed E-state index contributed by atoms with van der Waals surface area (Å²) in [5, 5.41) is 7.91. The summed E-state index contributed by atoms with van der Waals surface area (Å²) in [5.41, 5.74) is 8.31. The summed E-state index contributed by atoms with van der Waals surface area (Å²) in [6.07, 6.45) is 0. The average Bonchev–Trinajstić information content (AvgIpc) is 2.97. The zero-order valence-electron chi connectivity index (χ0n) is 10.5. The molecule has 0 aliphatic rings. The molecular weight excluding hydrogens is 299 g/mol. The van der Waals surface area contributed by atoms with Gasteiger partial charge in [0.1, 0.15) is 5.82 Å². The lowest BCUT2D eigenvalue weighted by molar-refractivity contribution is 0.436. The van der Waals surface area contributed by atoms with Gasteiger partial charge in [-0.05, 0) is 30.0 Å². The molecule has 2 N–H and O–H groups in total. The second-order valence-electron chi connectivity index (χ2n) is 4.34. The van der Waals surface area contributed by atoms with E-state index in [0.717, 1.165) is 11.1 Å². The number of halogens is 2. The van der Waals surface area contributed by atoms with Crippen molar-refractivity contribution >= 4 is 28.8 Å². The number of benzene rings is 1. The minimum absolute atomic E-state index is 0.123. The highest BCUT2D eigenvalue weighted by Crippen LogP contribution is 2.42. The van der Waals surface area contributed by atoms with Crippen LogP contribution in [-0.4, -0.2) is 5.16 Å². The van der Waals surface area contributed by atoms with Crippen LogP contribution in [0.2, 0.25) is 5.02 Å². The Morgan fingerprint density at radius 2 is 2.10 bits per heavy atom. The van der Waals surface area contributed by atoms with Crippen molar-refractivity contribution < 1.29 is 8.91 Å². The number of nitrogens with zero attached hydrogens (tertiary/aromatic N) is 1. The van der Waals surface area contributed by atoms with Crippen LogP contribution in [0.15, 0.2) is 33.5 Å². The fraction of sp³-hybridized carbons (Fsp3) is 0.0714. The molecule has 2 heterocycles. The SMILES string of the molecule is Cc1cscc1-c1onc(N)c1-c1c(F)cccc1Cl. The number of rotatable bonds is 2. The Labute approximate surface area is 123 Å². The predicted molar refractivity (Wildman–Crippen MR) is 79.4 cm³/mol. The summed E-state index contributed by atoms with van der Waals surface area (Å²) in [6, 6.07) is 4.48. The molecule has 6 heteroatoms. The average molecular weight is 309 g/mol. The lowest BCUT2D eigenvalue weighted by atomic mass is 10.0. The van der Waals surface area contributed by atoms with E-state index in [4.69, 9.17) is 21.9 Å². The Balaban J connectivity index is 2.31. The zero-order chi connectivity index (χ0) is 14.3. The van der Waals surface area contributed by atoms with Gasteiger partial charge in [0.05, 0.1) is 10.6 Å². The van der Waals surface area contributed by atoms with Crippen LogP contribution in [0.3, 0.4) is 0 Å². The standard InChI is InChI=1S/C14H10ClFN2OS/c1-7-5-20-6-8(7)13-12(14(17)18-19-13)11-9(15)3-2-4-10(11)16/h2-6H,1H3,(H2,17,18). The van der Waals surface area contributed by atoms with Crippen molar-refractivity contribution in [2.45, 2.75) is 6.92 Å². The van der Waals surface area contributed by atoms with Crippen molar-refractivity contribution in [2.24, 2.45) is 0 Å². The van der Waals surface area contributed by atoms with Crippen LogP contribution in [0, 0.1) is 12.7 Å². The van der Waals surface area contributed by atoms with Gasteiger partial charge in [-0.25, -0.2) is 4.39 Å². The van der Waals surface area contributed by atoms with E-state index in [1.807, 2.05) is 17.7 Å². The predicted octanol–water partition coefficient (Wildman–Crippen LogP) is 4.75. The highest BCUT2D eigenvalue weighted by atomic mass is 35.5. The second kappa shape index (κ2) is 4.92. The van der Waals surface area contributed by atoms with Crippen molar-refractivity contribution in [3.63, 3.8) is 0 Å². The minimum Gasteiger partial charge on any atom is -0.380 e. The highest BCUT2D eigenvalue weighted by molar-refractivity contribution is 7.08. The minimum atomic E-state index is -0.457. The molecule has 0 atom stereocenters. The van der Waals surface area contributed by atoms with Crippen LogP contribution < -0.4 is 5.73 Å². The number of hydrogen-bond donors (Lipinski definition) is 1. The van der Waals surface area contributed by atoms with Gasteiger partial charge >= 0.3 is 0 Å². The van der Waals surface area contributed by atoms with Crippen LogP contribution in [0.4, 0.5) is 10.2 Å². The monoisotopic (exact) mass is 308 g/mol. The summed E-state index contributed by atoms with van der Waals surface area (Å²) in [5.74, 6) is 0.104. The Kier molecular flexibility index (Phi) is 3.23. The van der Waals surface area contributed by atoms with E-state index in [-0.39, 0.29) is 16.4 Å². The first-order chi connectivity index (χ1) is 9.59. The van der Waals surface area contributed by atoms with E-state index < -0.39 is 5.82 Å². The van der Waals surface area contributed by atoms with E-state index in [0.29, 0.717) is 11.3 Å². The Hall–Kier alpha value is -1.85. The van der Waals surface area contributed by atoms with Gasteiger partial charge in [-0.1, -0.05) is 22.8 Å². The number of thiophene rings is 1. The van der Waals surface area contributed by atoms with Crippen molar-refractivity contribution in [2.75, 3.05) is 5.73 Å². The topological polar surface area (TPSA) is 52.0 Å². The molecule has 0 saturated heterocycles. The molecule has 0 bridgehead atoms. The third-order valence-corrected chi connectivity index (χ3v) is 4.21. The van der Waals surface area contributed by atoms with E-state index in [1.165, 1.54) is 17.4 Å². The van der Waals surface area contributed by atoms with Crippen LogP contribution in [0.1, 0.15) is 5.56 Å². The number of aromatic nitrogens is 1. The molecule has 102 valence electrons. The fourth-order valence-corrected chi connectivity index (χ4v) is 3.14. The maximum absolute atomic E-state index is 14.1. The molecule has 3 nitrogen and oxygen atoms in total. The van der Waals surface area contributed by atoms with E-state index >= 15 is 0 Å². The highest BCUT2D eigenvalue weighted by Gasteiger charge is 2.23. The molecule has 0 saturated carbocycles. The van der Waals surface area contributed by atoms with Gasteiger partial charge in [-0.3, -0.25) is 0 Å². The molecule has 0 spiro atoms. The molecular formula is C14H10ClFN2OS. The lowest BCUT2D eigenvalue weighted by Gasteiger charge is -2.06. The number of anilines is 1. The van der Waals surface area contributed by atoms with Crippen LogP contribution >= 0.6 is 22.9 Å². The number of nitrogen functional groups attached to an aromatic ring is 1. The first-order valence-corrected chi connectivity index (χ1v) is 7.14. The molecule has 1 aromatic carbocycles. The summed E-state index contributed by atoms with van der Waals surface area (Å²) in [6.45, 7) is 1.94. The number of hydrogen-bond acceptors (Lipinski definition) is 4. The van der Waals surface area contributed by atoms with Gasteiger partial charge in [0, 0.05) is 16.5 Å². The molecule has 0 amide bonds. The molecule has 0 radical (unpaired) electrons. The van der Waals surface area contributed by atoms with Crippen molar-refractivity contribution in [1.29, 1.82) is 0 Å². The van der Waals surface area contributed by atoms with E-state index in [1.54, 1.807) is 12.1 Å². The maximum atomic E-state index is 14.1. The van der Waals surface area contributed by atoms with Crippen molar-refractivity contribution in [3.8, 4) is 22.5 Å². The molecule has 0 unspecified atom stereocenters. The van der Waals surface area contributed by atoms with Gasteiger partial charge in [-0.15, -0.1) is 0 Å². The number of nitrogens with two attached hydrogens (primary N) is 1. The third-order valence-electron chi connectivity index (χ3n) is 3.03. The number of aryl methyl sites for hydroxylation is 1. The van der Waals surface area contributed by atoms with Gasteiger partial charge in [0.25, 0.3) is 0 Å². The summed E-state index contributed by atoms with van der Waals surface area (Å²) in [7, 11) is 0. The summed E-state index contributed by atoms with van der Waals surface area (Å²) in [4.78, 5) is 0. The quantitative estimate of drug-likeness (QED) is 0.743. The second-order valence-corrected chi connectivity index (χ2v) is 5.49. The van der Waals surface area contributed by atoms with E-state index in [2.05, 4.69) is 5.16 Å².